The van der Waals surface area contributed by atoms with Crippen molar-refractivity contribution in [2.24, 2.45) is 0 Å². The fourth-order valence-electron chi connectivity index (χ4n) is 7.35. The first-order valence-corrected chi connectivity index (χ1v) is 17.5. The van der Waals surface area contributed by atoms with E-state index in [0.717, 1.165) is 17.1 Å². The van der Waals surface area contributed by atoms with Crippen molar-refractivity contribution in [3.05, 3.63) is 212 Å². The van der Waals surface area contributed by atoms with Crippen LogP contribution in [0.1, 0.15) is 0 Å². The van der Waals surface area contributed by atoms with E-state index >= 15 is 0 Å². The molecule has 9 aromatic carbocycles. The number of fused-ring (bicyclic) bond motifs is 3. The van der Waals surface area contributed by atoms with Crippen molar-refractivity contribution in [2.75, 3.05) is 4.90 Å². The van der Waals surface area contributed by atoms with Gasteiger partial charge in [-0.05, 0) is 109 Å². The fraction of sp³-hybridized carbons (Fsp3) is 0. The third-order valence-electron chi connectivity index (χ3n) is 9.87. The molecule has 1 nitrogen and oxygen atoms in total. The van der Waals surface area contributed by atoms with Gasteiger partial charge in [-0.2, -0.15) is 0 Å². The molecule has 51 heavy (non-hydrogen) atoms. The summed E-state index contributed by atoms with van der Waals surface area (Å²) in [4.78, 5) is 2.33. The summed E-state index contributed by atoms with van der Waals surface area (Å²) >= 11 is 0. The van der Waals surface area contributed by atoms with Gasteiger partial charge < -0.3 is 4.90 Å². The van der Waals surface area contributed by atoms with Crippen LogP contribution in [0.15, 0.2) is 212 Å². The highest BCUT2D eigenvalue weighted by Gasteiger charge is 2.16. The first kappa shape index (κ1) is 30.4. The van der Waals surface area contributed by atoms with Gasteiger partial charge in [0.05, 0.1) is 0 Å². The Morgan fingerprint density at radius 3 is 1.27 bits per heavy atom. The Labute approximate surface area is 299 Å². The highest BCUT2D eigenvalue weighted by molar-refractivity contribution is 6.18. The Hall–Kier alpha value is -6.70. The van der Waals surface area contributed by atoms with Gasteiger partial charge in [0.15, 0.2) is 0 Å². The quantitative estimate of drug-likeness (QED) is 0.155. The highest BCUT2D eigenvalue weighted by Crippen LogP contribution is 2.42. The summed E-state index contributed by atoms with van der Waals surface area (Å²) in [6, 6.07) is 76.5. The van der Waals surface area contributed by atoms with E-state index in [1.54, 1.807) is 0 Å². The van der Waals surface area contributed by atoms with Crippen LogP contribution in [-0.2, 0) is 0 Å². The van der Waals surface area contributed by atoms with Crippen LogP contribution in [0.3, 0.4) is 0 Å². The first-order chi connectivity index (χ1) is 25.3. The van der Waals surface area contributed by atoms with Crippen molar-refractivity contribution in [1.82, 2.24) is 0 Å². The maximum absolute atomic E-state index is 2.37. The molecule has 0 aromatic heterocycles. The van der Waals surface area contributed by atoms with Gasteiger partial charge in [0.25, 0.3) is 0 Å². The molecule has 240 valence electrons. The van der Waals surface area contributed by atoms with Crippen LogP contribution in [0.5, 0.6) is 0 Å². The Kier molecular flexibility index (Phi) is 7.92. The molecule has 1 heteroatoms. The van der Waals surface area contributed by atoms with E-state index in [-0.39, 0.29) is 0 Å². The summed E-state index contributed by atoms with van der Waals surface area (Å²) in [5.74, 6) is 0. The molecule has 0 heterocycles. The SMILES string of the molecule is c1ccc(-c2ccc(-c3cccc4c3c(-c3ccc(N(c5ccccc5)c5ccc(-c6ccccc6)cc5)cc3)cc3ccccc34)cc2)cc1. The molecule has 0 bridgehead atoms. The number of benzene rings is 9. The van der Waals surface area contributed by atoms with E-state index in [2.05, 4.69) is 217 Å². The van der Waals surface area contributed by atoms with Gasteiger partial charge in [0.2, 0.25) is 0 Å². The maximum atomic E-state index is 2.37. The molecule has 0 aliphatic rings. The third kappa shape index (κ3) is 5.86. The normalized spacial score (nSPS) is 11.1. The van der Waals surface area contributed by atoms with Crippen molar-refractivity contribution in [3.8, 4) is 44.5 Å². The summed E-state index contributed by atoms with van der Waals surface area (Å²) in [6.07, 6.45) is 0. The van der Waals surface area contributed by atoms with Crippen LogP contribution in [0.4, 0.5) is 17.1 Å². The van der Waals surface area contributed by atoms with E-state index < -0.39 is 0 Å². The second kappa shape index (κ2) is 13.3. The molecule has 0 amide bonds. The summed E-state index contributed by atoms with van der Waals surface area (Å²) in [6.45, 7) is 0. The zero-order valence-electron chi connectivity index (χ0n) is 28.2. The molecule has 0 radical (unpaired) electrons. The number of hydrogen-bond donors (Lipinski definition) is 0. The van der Waals surface area contributed by atoms with Crippen LogP contribution in [0.25, 0.3) is 66.1 Å². The molecule has 0 fully saturated rings. The standard InChI is InChI=1S/C50H35N/c1-4-13-36(14-5-1)38-23-25-40(26-24-38)47-21-12-22-48-46-20-11-10-17-42(46)35-49(50(47)48)41-29-33-45(34-30-41)51(43-18-8-3-9-19-43)44-31-27-39(28-32-44)37-15-6-2-7-16-37/h1-35H. The minimum absolute atomic E-state index is 1.11. The van der Waals surface area contributed by atoms with Crippen molar-refractivity contribution < 1.29 is 0 Å². The molecule has 0 saturated heterocycles. The van der Waals surface area contributed by atoms with Gasteiger partial charge in [-0.1, -0.05) is 170 Å². The fourth-order valence-corrected chi connectivity index (χ4v) is 7.35. The number of hydrogen-bond acceptors (Lipinski definition) is 1. The van der Waals surface area contributed by atoms with Crippen LogP contribution in [-0.4, -0.2) is 0 Å². The average molecular weight is 650 g/mol. The van der Waals surface area contributed by atoms with Crippen LogP contribution < -0.4 is 4.90 Å². The molecule has 0 aliphatic heterocycles. The molecule has 9 rings (SSSR count). The van der Waals surface area contributed by atoms with Gasteiger partial charge in [0.1, 0.15) is 0 Å². The topological polar surface area (TPSA) is 3.24 Å². The smallest absolute Gasteiger partial charge is 0.0462 e. The summed E-state index contributed by atoms with van der Waals surface area (Å²) in [5.41, 5.74) is 13.1. The molecule has 0 spiro atoms. The van der Waals surface area contributed by atoms with Crippen molar-refractivity contribution in [3.63, 3.8) is 0 Å². The Morgan fingerprint density at radius 2 is 0.667 bits per heavy atom. The maximum Gasteiger partial charge on any atom is 0.0462 e. The van der Waals surface area contributed by atoms with E-state index in [1.165, 1.54) is 66.1 Å². The number of para-hydroxylation sites is 1. The Morgan fingerprint density at radius 1 is 0.255 bits per heavy atom. The molecular formula is C50H35N. The lowest BCUT2D eigenvalue weighted by Gasteiger charge is -2.26. The minimum atomic E-state index is 1.11. The number of anilines is 3. The van der Waals surface area contributed by atoms with Gasteiger partial charge in [-0.25, -0.2) is 0 Å². The lowest BCUT2D eigenvalue weighted by Crippen LogP contribution is -2.09. The largest absolute Gasteiger partial charge is 0.311 e. The average Bonchev–Trinajstić information content (AvgIpc) is 3.22. The Bertz CT molecular complexity index is 2570. The summed E-state index contributed by atoms with van der Waals surface area (Å²) < 4.78 is 0. The molecule has 0 aliphatic carbocycles. The molecule has 0 saturated carbocycles. The van der Waals surface area contributed by atoms with Crippen molar-refractivity contribution in [1.29, 1.82) is 0 Å². The zero-order valence-corrected chi connectivity index (χ0v) is 28.2. The number of rotatable bonds is 7. The van der Waals surface area contributed by atoms with E-state index in [0.29, 0.717) is 0 Å². The van der Waals surface area contributed by atoms with Gasteiger partial charge >= 0.3 is 0 Å². The molecule has 9 aromatic rings. The van der Waals surface area contributed by atoms with E-state index in [9.17, 15) is 0 Å². The van der Waals surface area contributed by atoms with Crippen LogP contribution >= 0.6 is 0 Å². The summed E-state index contributed by atoms with van der Waals surface area (Å²) in [7, 11) is 0. The van der Waals surface area contributed by atoms with Gasteiger partial charge in [-0.15, -0.1) is 0 Å². The molecule has 0 unspecified atom stereocenters. The monoisotopic (exact) mass is 649 g/mol. The number of nitrogens with zero attached hydrogens (tertiary/aromatic N) is 1. The van der Waals surface area contributed by atoms with Crippen molar-refractivity contribution in [2.45, 2.75) is 0 Å². The zero-order chi connectivity index (χ0) is 34.0. The van der Waals surface area contributed by atoms with Crippen LogP contribution in [0.2, 0.25) is 0 Å². The Balaban J connectivity index is 1.15. The predicted molar refractivity (Wildman–Crippen MR) is 218 cm³/mol. The third-order valence-corrected chi connectivity index (χ3v) is 9.87. The van der Waals surface area contributed by atoms with E-state index in [1.807, 2.05) is 0 Å². The minimum Gasteiger partial charge on any atom is -0.311 e. The second-order valence-electron chi connectivity index (χ2n) is 12.9. The van der Waals surface area contributed by atoms with E-state index in [4.69, 9.17) is 0 Å². The molecular weight excluding hydrogens is 615 g/mol. The van der Waals surface area contributed by atoms with Crippen molar-refractivity contribution >= 4 is 38.6 Å². The molecule has 0 atom stereocenters. The lowest BCUT2D eigenvalue weighted by molar-refractivity contribution is 1.28. The lowest BCUT2D eigenvalue weighted by atomic mass is 9.88. The predicted octanol–water partition coefficient (Wildman–Crippen LogP) is 14.1. The van der Waals surface area contributed by atoms with Gasteiger partial charge in [0, 0.05) is 17.1 Å². The van der Waals surface area contributed by atoms with Gasteiger partial charge in [-0.3, -0.25) is 0 Å². The summed E-state index contributed by atoms with van der Waals surface area (Å²) in [5, 5.41) is 5.05. The first-order valence-electron chi connectivity index (χ1n) is 17.5. The molecule has 0 N–H and O–H groups in total. The second-order valence-corrected chi connectivity index (χ2v) is 12.9. The highest BCUT2D eigenvalue weighted by atomic mass is 15.1. The van der Waals surface area contributed by atoms with Crippen LogP contribution in [0, 0.1) is 0 Å².